The maximum Gasteiger partial charge on any atom is 0.360 e. The summed E-state index contributed by atoms with van der Waals surface area (Å²) in [6, 6.07) is 17.8. The summed E-state index contributed by atoms with van der Waals surface area (Å²) in [5, 5.41) is 11.7. The van der Waals surface area contributed by atoms with Gasteiger partial charge in [-0.3, -0.25) is 0 Å². The molecule has 3 aromatic carbocycles. The van der Waals surface area contributed by atoms with Crippen molar-refractivity contribution in [2.45, 2.75) is 19.8 Å². The molecule has 1 N–H and O–H groups in total. The first-order valence-electron chi connectivity index (χ1n) is 10.5. The molecule has 0 saturated heterocycles. The second-order valence-electron chi connectivity index (χ2n) is 7.32. The van der Waals surface area contributed by atoms with Gasteiger partial charge >= 0.3 is 5.97 Å². The molecule has 6 nitrogen and oxygen atoms in total. The van der Waals surface area contributed by atoms with Crippen molar-refractivity contribution in [1.29, 1.82) is 0 Å². The van der Waals surface area contributed by atoms with Crippen LogP contribution in [0.25, 0.3) is 10.8 Å². The standard InChI is InChI=1S/C26H22FNO5/c1-2-3-14-31-26(30)24-25(29)23-15-22(7-4-17(23)16-28-24)33-21-12-10-20(11-13-21)32-19-8-5-18(27)6-9-19/h4-13,15-16,29H,2-3,14H2,1H3. The van der Waals surface area contributed by atoms with Crippen molar-refractivity contribution in [3.05, 3.63) is 84.4 Å². The van der Waals surface area contributed by atoms with Gasteiger partial charge in [0.15, 0.2) is 11.4 Å². The molecule has 0 unspecified atom stereocenters. The van der Waals surface area contributed by atoms with Crippen LogP contribution >= 0.6 is 0 Å². The zero-order valence-corrected chi connectivity index (χ0v) is 18.0. The van der Waals surface area contributed by atoms with Crippen molar-refractivity contribution in [3.8, 4) is 28.7 Å². The van der Waals surface area contributed by atoms with Crippen LogP contribution in [0.15, 0.2) is 72.9 Å². The number of carbonyl (C=O) groups is 1. The molecular formula is C26H22FNO5. The maximum absolute atomic E-state index is 13.0. The molecule has 0 radical (unpaired) electrons. The van der Waals surface area contributed by atoms with E-state index in [0.717, 1.165) is 12.8 Å². The van der Waals surface area contributed by atoms with Crippen molar-refractivity contribution in [2.75, 3.05) is 6.61 Å². The smallest absolute Gasteiger partial charge is 0.360 e. The Labute approximate surface area is 190 Å². The molecule has 0 aliphatic carbocycles. The molecule has 0 fully saturated rings. The average Bonchev–Trinajstić information content (AvgIpc) is 2.82. The van der Waals surface area contributed by atoms with E-state index in [1.54, 1.807) is 54.6 Å². The van der Waals surface area contributed by atoms with E-state index in [-0.39, 0.29) is 23.9 Å². The van der Waals surface area contributed by atoms with Crippen LogP contribution in [0.3, 0.4) is 0 Å². The highest BCUT2D eigenvalue weighted by Gasteiger charge is 2.17. The number of esters is 1. The third-order valence-corrected chi connectivity index (χ3v) is 4.87. The second-order valence-corrected chi connectivity index (χ2v) is 7.32. The molecule has 1 heterocycles. The van der Waals surface area contributed by atoms with E-state index in [2.05, 4.69) is 4.98 Å². The molecule has 7 heteroatoms. The lowest BCUT2D eigenvalue weighted by atomic mass is 10.1. The highest BCUT2D eigenvalue weighted by molar-refractivity contribution is 5.99. The van der Waals surface area contributed by atoms with Gasteiger partial charge in [-0.05, 0) is 73.2 Å². The Hall–Kier alpha value is -4.13. The highest BCUT2D eigenvalue weighted by atomic mass is 19.1. The number of fused-ring (bicyclic) bond motifs is 1. The minimum absolute atomic E-state index is 0.127. The Morgan fingerprint density at radius 3 is 2.12 bits per heavy atom. The number of halogens is 1. The molecule has 0 spiro atoms. The first-order chi connectivity index (χ1) is 16.0. The summed E-state index contributed by atoms with van der Waals surface area (Å²) in [4.78, 5) is 16.3. The number of ether oxygens (including phenoxy) is 3. The Balaban J connectivity index is 1.49. The highest BCUT2D eigenvalue weighted by Crippen LogP contribution is 2.33. The number of benzene rings is 3. The van der Waals surface area contributed by atoms with Crippen LogP contribution in [0.1, 0.15) is 30.3 Å². The van der Waals surface area contributed by atoms with Crippen LogP contribution in [0.5, 0.6) is 28.7 Å². The molecule has 0 aliphatic heterocycles. The van der Waals surface area contributed by atoms with E-state index in [1.807, 2.05) is 6.92 Å². The summed E-state index contributed by atoms with van der Waals surface area (Å²) in [7, 11) is 0. The first-order valence-corrected chi connectivity index (χ1v) is 10.5. The Morgan fingerprint density at radius 1 is 0.909 bits per heavy atom. The molecule has 0 amide bonds. The number of hydrogen-bond acceptors (Lipinski definition) is 6. The van der Waals surface area contributed by atoms with Crippen LogP contribution in [0.2, 0.25) is 0 Å². The molecule has 0 bridgehead atoms. The molecule has 168 valence electrons. The molecule has 1 aromatic heterocycles. The fourth-order valence-corrected chi connectivity index (χ4v) is 3.12. The lowest BCUT2D eigenvalue weighted by Gasteiger charge is -2.11. The van der Waals surface area contributed by atoms with Gasteiger partial charge in [-0.15, -0.1) is 0 Å². The third kappa shape index (κ3) is 5.38. The molecule has 0 saturated carbocycles. The summed E-state index contributed by atoms with van der Waals surface area (Å²) < 4.78 is 29.7. The molecule has 4 rings (SSSR count). The molecular weight excluding hydrogens is 425 g/mol. The summed E-state index contributed by atoms with van der Waals surface area (Å²) in [5.74, 6) is 0.877. The zero-order valence-electron chi connectivity index (χ0n) is 18.0. The molecule has 4 aromatic rings. The van der Waals surface area contributed by atoms with Gasteiger partial charge in [0, 0.05) is 17.0 Å². The van der Waals surface area contributed by atoms with Gasteiger partial charge in [-0.2, -0.15) is 0 Å². The van der Waals surface area contributed by atoms with E-state index in [9.17, 15) is 14.3 Å². The summed E-state index contributed by atoms with van der Waals surface area (Å²) in [6.07, 6.45) is 3.15. The lowest BCUT2D eigenvalue weighted by molar-refractivity contribution is 0.0489. The Morgan fingerprint density at radius 2 is 1.48 bits per heavy atom. The van der Waals surface area contributed by atoms with Crippen molar-refractivity contribution in [1.82, 2.24) is 4.98 Å². The Kier molecular flexibility index (Phi) is 6.69. The monoisotopic (exact) mass is 447 g/mol. The topological polar surface area (TPSA) is 77.9 Å². The molecule has 0 aliphatic rings. The minimum Gasteiger partial charge on any atom is -0.505 e. The maximum atomic E-state index is 13.0. The van der Waals surface area contributed by atoms with Crippen molar-refractivity contribution in [2.24, 2.45) is 0 Å². The number of pyridine rings is 1. The van der Waals surface area contributed by atoms with E-state index >= 15 is 0 Å². The average molecular weight is 447 g/mol. The summed E-state index contributed by atoms with van der Waals surface area (Å²) >= 11 is 0. The number of hydrogen-bond donors (Lipinski definition) is 1. The van der Waals surface area contributed by atoms with E-state index in [4.69, 9.17) is 14.2 Å². The third-order valence-electron chi connectivity index (χ3n) is 4.87. The number of nitrogens with zero attached hydrogens (tertiary/aromatic N) is 1. The lowest BCUT2D eigenvalue weighted by Crippen LogP contribution is -2.08. The van der Waals surface area contributed by atoms with Crippen LogP contribution in [0.4, 0.5) is 4.39 Å². The molecule has 0 atom stereocenters. The zero-order chi connectivity index (χ0) is 23.2. The summed E-state index contributed by atoms with van der Waals surface area (Å²) in [6.45, 7) is 2.27. The predicted molar refractivity (Wildman–Crippen MR) is 122 cm³/mol. The van der Waals surface area contributed by atoms with E-state index < -0.39 is 5.97 Å². The van der Waals surface area contributed by atoms with E-state index in [1.165, 1.54) is 18.3 Å². The minimum atomic E-state index is -0.661. The van der Waals surface area contributed by atoms with Gasteiger partial charge in [0.1, 0.15) is 28.8 Å². The van der Waals surface area contributed by atoms with Crippen molar-refractivity contribution >= 4 is 16.7 Å². The molecule has 33 heavy (non-hydrogen) atoms. The number of carbonyl (C=O) groups excluding carboxylic acids is 1. The first kappa shape index (κ1) is 22.1. The summed E-state index contributed by atoms with van der Waals surface area (Å²) in [5.41, 5.74) is -0.127. The quantitative estimate of drug-likeness (QED) is 0.242. The van der Waals surface area contributed by atoms with Gasteiger partial charge in [0.2, 0.25) is 0 Å². The predicted octanol–water partition coefficient (Wildman–Crippen LogP) is 6.62. The Bertz CT molecular complexity index is 1260. The van der Waals surface area contributed by atoms with Crippen molar-refractivity contribution < 1.29 is 28.5 Å². The van der Waals surface area contributed by atoms with Crippen LogP contribution in [-0.2, 0) is 4.74 Å². The fourth-order valence-electron chi connectivity index (χ4n) is 3.12. The van der Waals surface area contributed by atoms with E-state index in [0.29, 0.717) is 33.8 Å². The van der Waals surface area contributed by atoms with Gasteiger partial charge in [0.05, 0.1) is 6.61 Å². The number of aromatic nitrogens is 1. The van der Waals surface area contributed by atoms with Crippen LogP contribution in [0, 0.1) is 5.82 Å². The fraction of sp³-hybridized carbons (Fsp3) is 0.154. The van der Waals surface area contributed by atoms with Crippen LogP contribution in [-0.4, -0.2) is 22.7 Å². The number of aromatic hydroxyl groups is 1. The largest absolute Gasteiger partial charge is 0.505 e. The normalized spacial score (nSPS) is 10.7. The SMILES string of the molecule is CCCCOC(=O)c1ncc2ccc(Oc3ccc(Oc4ccc(F)cc4)cc3)cc2c1O. The number of rotatable bonds is 8. The van der Waals surface area contributed by atoms with Crippen molar-refractivity contribution in [3.63, 3.8) is 0 Å². The van der Waals surface area contributed by atoms with Gasteiger partial charge in [-0.25, -0.2) is 14.2 Å². The second kappa shape index (κ2) is 9.99. The van der Waals surface area contributed by atoms with Gasteiger partial charge in [0.25, 0.3) is 0 Å². The van der Waals surface area contributed by atoms with Gasteiger partial charge in [-0.1, -0.05) is 13.3 Å². The number of unbranched alkanes of at least 4 members (excludes halogenated alkanes) is 1. The van der Waals surface area contributed by atoms with Gasteiger partial charge < -0.3 is 19.3 Å². The van der Waals surface area contributed by atoms with Crippen LogP contribution < -0.4 is 9.47 Å².